The fourth-order valence-corrected chi connectivity index (χ4v) is 5.71. The molecule has 3 aromatic carbocycles. The smallest absolute Gasteiger partial charge is 0.252 e. The standard InChI is InChI=1S/C25H22BrN3O5S/c1-17(30)27-20-9-13-22(14-10-20)35(33,34)28(16-18-5-3-2-4-6-18)23-15-24(31)29(25(23)32)21-11-7-19(26)8-12-21/h2-14,23H,15-16H2,1H3,(H,27,30). The number of carbonyl (C=O) groups is 3. The van der Waals surface area contributed by atoms with Crippen LogP contribution in [0.5, 0.6) is 0 Å². The molecule has 1 N–H and O–H groups in total. The third-order valence-electron chi connectivity index (χ3n) is 5.52. The van der Waals surface area contributed by atoms with E-state index in [0.717, 1.165) is 13.7 Å². The Labute approximate surface area is 211 Å². The summed E-state index contributed by atoms with van der Waals surface area (Å²) in [5.41, 5.74) is 1.50. The average Bonchev–Trinajstić information content (AvgIpc) is 3.12. The molecule has 1 fully saturated rings. The Kier molecular flexibility index (Phi) is 7.15. The van der Waals surface area contributed by atoms with Crippen LogP contribution in [0.1, 0.15) is 18.9 Å². The van der Waals surface area contributed by atoms with E-state index in [1.165, 1.54) is 31.2 Å². The van der Waals surface area contributed by atoms with Gasteiger partial charge >= 0.3 is 0 Å². The predicted octanol–water partition coefficient (Wildman–Crippen LogP) is 3.93. The molecule has 1 heterocycles. The van der Waals surface area contributed by atoms with Gasteiger partial charge in [0, 0.05) is 23.6 Å². The average molecular weight is 556 g/mol. The number of benzene rings is 3. The molecule has 10 heteroatoms. The zero-order chi connectivity index (χ0) is 25.2. The van der Waals surface area contributed by atoms with Crippen LogP contribution in [0.3, 0.4) is 0 Å². The summed E-state index contributed by atoms with van der Waals surface area (Å²) in [4.78, 5) is 38.6. The first kappa shape index (κ1) is 24.8. The maximum absolute atomic E-state index is 13.7. The lowest BCUT2D eigenvalue weighted by atomic mass is 10.2. The monoisotopic (exact) mass is 555 g/mol. The molecule has 0 saturated carbocycles. The van der Waals surface area contributed by atoms with Crippen LogP contribution in [-0.2, 0) is 31.0 Å². The first-order valence-corrected chi connectivity index (χ1v) is 13.0. The van der Waals surface area contributed by atoms with Gasteiger partial charge in [0.25, 0.3) is 5.91 Å². The Bertz CT molecular complexity index is 1360. The summed E-state index contributed by atoms with van der Waals surface area (Å²) in [6, 6.07) is 20.0. The van der Waals surface area contributed by atoms with Gasteiger partial charge in [-0.2, -0.15) is 4.31 Å². The van der Waals surface area contributed by atoms with Crippen molar-refractivity contribution < 1.29 is 22.8 Å². The summed E-state index contributed by atoms with van der Waals surface area (Å²) >= 11 is 3.33. The maximum Gasteiger partial charge on any atom is 0.252 e. The Hall–Kier alpha value is -3.34. The lowest BCUT2D eigenvalue weighted by molar-refractivity contribution is -0.122. The number of nitrogens with one attached hydrogen (secondary N) is 1. The molecule has 8 nitrogen and oxygen atoms in total. The molecule has 0 spiro atoms. The number of amides is 3. The van der Waals surface area contributed by atoms with Gasteiger partial charge in [0.1, 0.15) is 6.04 Å². The summed E-state index contributed by atoms with van der Waals surface area (Å²) in [6.07, 6.45) is -0.273. The van der Waals surface area contributed by atoms with Crippen molar-refractivity contribution in [1.29, 1.82) is 0 Å². The highest BCUT2D eigenvalue weighted by molar-refractivity contribution is 9.10. The van der Waals surface area contributed by atoms with E-state index in [2.05, 4.69) is 21.2 Å². The number of sulfonamides is 1. The lowest BCUT2D eigenvalue weighted by Crippen LogP contribution is -2.45. The van der Waals surface area contributed by atoms with Crippen LogP contribution in [0.25, 0.3) is 0 Å². The van der Waals surface area contributed by atoms with E-state index in [9.17, 15) is 22.8 Å². The molecule has 1 aliphatic rings. The van der Waals surface area contributed by atoms with Crippen molar-refractivity contribution in [3.8, 4) is 0 Å². The second kappa shape index (κ2) is 10.1. The van der Waals surface area contributed by atoms with Crippen LogP contribution in [0, 0.1) is 0 Å². The van der Waals surface area contributed by atoms with Gasteiger partial charge in [-0.15, -0.1) is 0 Å². The Balaban J connectivity index is 1.71. The molecule has 180 valence electrons. The van der Waals surface area contributed by atoms with Crippen molar-refractivity contribution in [3.05, 3.63) is 88.9 Å². The first-order chi connectivity index (χ1) is 16.7. The molecule has 0 radical (unpaired) electrons. The Morgan fingerprint density at radius 1 is 1.00 bits per heavy atom. The minimum atomic E-state index is -4.18. The molecular formula is C25H22BrN3O5S. The lowest BCUT2D eigenvalue weighted by Gasteiger charge is -2.27. The van der Waals surface area contributed by atoms with Crippen molar-refractivity contribution in [2.24, 2.45) is 0 Å². The molecule has 35 heavy (non-hydrogen) atoms. The maximum atomic E-state index is 13.7. The highest BCUT2D eigenvalue weighted by atomic mass is 79.9. The molecule has 3 aromatic rings. The molecule has 4 rings (SSSR count). The van der Waals surface area contributed by atoms with Crippen LogP contribution >= 0.6 is 15.9 Å². The Morgan fingerprint density at radius 2 is 1.63 bits per heavy atom. The number of nitrogens with zero attached hydrogens (tertiary/aromatic N) is 2. The van der Waals surface area contributed by atoms with Crippen LogP contribution in [0.15, 0.2) is 88.2 Å². The fourth-order valence-electron chi connectivity index (χ4n) is 3.88. The summed E-state index contributed by atoms with van der Waals surface area (Å²) in [5, 5.41) is 2.59. The molecule has 1 aliphatic heterocycles. The first-order valence-electron chi connectivity index (χ1n) is 10.7. The van der Waals surface area contributed by atoms with Crippen molar-refractivity contribution in [2.45, 2.75) is 30.8 Å². The number of halogens is 1. The molecule has 1 saturated heterocycles. The fraction of sp³-hybridized carbons (Fsp3) is 0.160. The van der Waals surface area contributed by atoms with Crippen molar-refractivity contribution >= 4 is 55.0 Å². The van der Waals surface area contributed by atoms with Gasteiger partial charge < -0.3 is 5.32 Å². The molecule has 0 aromatic heterocycles. The molecule has 1 atom stereocenters. The highest BCUT2D eigenvalue weighted by Gasteiger charge is 2.47. The van der Waals surface area contributed by atoms with Crippen LogP contribution < -0.4 is 10.2 Å². The number of hydrogen-bond acceptors (Lipinski definition) is 5. The van der Waals surface area contributed by atoms with Gasteiger partial charge in [0.05, 0.1) is 17.0 Å². The third-order valence-corrected chi connectivity index (χ3v) is 7.92. The molecule has 0 bridgehead atoms. The summed E-state index contributed by atoms with van der Waals surface area (Å²) in [6.45, 7) is 1.26. The van der Waals surface area contributed by atoms with Gasteiger partial charge in [-0.05, 0) is 54.1 Å². The van der Waals surface area contributed by atoms with Crippen LogP contribution in [-0.4, -0.2) is 36.5 Å². The van der Waals surface area contributed by atoms with Crippen molar-refractivity contribution in [3.63, 3.8) is 0 Å². The highest BCUT2D eigenvalue weighted by Crippen LogP contribution is 2.31. The zero-order valence-electron chi connectivity index (χ0n) is 18.7. The normalized spacial score (nSPS) is 16.1. The van der Waals surface area contributed by atoms with Gasteiger partial charge in [-0.1, -0.05) is 46.3 Å². The third kappa shape index (κ3) is 5.34. The van der Waals surface area contributed by atoms with E-state index in [4.69, 9.17) is 0 Å². The number of rotatable bonds is 7. The predicted molar refractivity (Wildman–Crippen MR) is 135 cm³/mol. The molecule has 0 aliphatic carbocycles. The van der Waals surface area contributed by atoms with Crippen molar-refractivity contribution in [1.82, 2.24) is 4.31 Å². The minimum Gasteiger partial charge on any atom is -0.326 e. The Morgan fingerprint density at radius 3 is 2.23 bits per heavy atom. The van der Waals surface area contributed by atoms with Gasteiger partial charge in [-0.3, -0.25) is 14.4 Å². The number of carbonyl (C=O) groups excluding carboxylic acids is 3. The second-order valence-corrected chi connectivity index (χ2v) is 10.8. The molecule has 1 unspecified atom stereocenters. The van der Waals surface area contributed by atoms with E-state index < -0.39 is 27.9 Å². The number of imide groups is 1. The summed E-state index contributed by atoms with van der Waals surface area (Å²) < 4.78 is 29.4. The van der Waals surface area contributed by atoms with E-state index in [1.807, 2.05) is 6.07 Å². The number of hydrogen-bond donors (Lipinski definition) is 1. The largest absolute Gasteiger partial charge is 0.326 e. The van der Waals surface area contributed by atoms with Gasteiger partial charge in [0.2, 0.25) is 21.8 Å². The van der Waals surface area contributed by atoms with Crippen LogP contribution in [0.2, 0.25) is 0 Å². The molecule has 3 amide bonds. The molecular weight excluding hydrogens is 534 g/mol. The van der Waals surface area contributed by atoms with Crippen molar-refractivity contribution in [2.75, 3.05) is 10.2 Å². The quantitative estimate of drug-likeness (QED) is 0.445. The van der Waals surface area contributed by atoms with Crippen LogP contribution in [0.4, 0.5) is 11.4 Å². The summed E-state index contributed by atoms with van der Waals surface area (Å²) in [5.74, 6) is -1.36. The van der Waals surface area contributed by atoms with Gasteiger partial charge in [0.15, 0.2) is 0 Å². The summed E-state index contributed by atoms with van der Waals surface area (Å²) in [7, 11) is -4.18. The topological polar surface area (TPSA) is 104 Å². The second-order valence-electron chi connectivity index (χ2n) is 8.01. The SMILES string of the molecule is CC(=O)Nc1ccc(S(=O)(=O)N(Cc2ccccc2)C2CC(=O)N(c3ccc(Br)cc3)C2=O)cc1. The van der Waals surface area contributed by atoms with E-state index in [1.54, 1.807) is 48.5 Å². The van der Waals surface area contributed by atoms with Gasteiger partial charge in [-0.25, -0.2) is 13.3 Å². The number of anilines is 2. The van der Waals surface area contributed by atoms with E-state index in [-0.39, 0.29) is 23.8 Å². The van der Waals surface area contributed by atoms with E-state index >= 15 is 0 Å². The zero-order valence-corrected chi connectivity index (χ0v) is 21.1. The minimum absolute atomic E-state index is 0.0510. The van der Waals surface area contributed by atoms with E-state index in [0.29, 0.717) is 16.9 Å².